The first-order valence-corrected chi connectivity index (χ1v) is 7.41. The van der Waals surface area contributed by atoms with Crippen molar-refractivity contribution in [3.63, 3.8) is 0 Å². The van der Waals surface area contributed by atoms with E-state index >= 15 is 0 Å². The minimum Gasteiger partial charge on any atom is -0.312 e. The van der Waals surface area contributed by atoms with Gasteiger partial charge in [-0.3, -0.25) is 4.98 Å². The predicted molar refractivity (Wildman–Crippen MR) is 81.7 cm³/mol. The van der Waals surface area contributed by atoms with E-state index in [2.05, 4.69) is 66.9 Å². The molecule has 1 rings (SSSR count). The van der Waals surface area contributed by atoms with Crippen LogP contribution in [0.2, 0.25) is 0 Å². The second-order valence-electron chi connectivity index (χ2n) is 6.30. The number of hydrogen-bond donors (Lipinski definition) is 1. The molecule has 102 valence electrons. The van der Waals surface area contributed by atoms with E-state index in [0.717, 1.165) is 17.4 Å². The Morgan fingerprint density at radius 1 is 1.22 bits per heavy atom. The van der Waals surface area contributed by atoms with Gasteiger partial charge >= 0.3 is 0 Å². The zero-order valence-electron chi connectivity index (χ0n) is 12.1. The summed E-state index contributed by atoms with van der Waals surface area (Å²) in [5, 5.41) is 3.57. The molecule has 18 heavy (non-hydrogen) atoms. The fourth-order valence-corrected chi connectivity index (χ4v) is 2.22. The van der Waals surface area contributed by atoms with E-state index in [9.17, 15) is 0 Å². The zero-order valence-corrected chi connectivity index (χ0v) is 13.7. The zero-order chi connectivity index (χ0) is 13.8. The number of hydrogen-bond acceptors (Lipinski definition) is 2. The van der Waals surface area contributed by atoms with E-state index in [1.165, 1.54) is 5.56 Å². The third kappa shape index (κ3) is 5.96. The fraction of sp³-hybridized carbons (Fsp3) is 0.667. The molecule has 2 atom stereocenters. The molecule has 0 aliphatic rings. The Bertz CT molecular complexity index is 371. The summed E-state index contributed by atoms with van der Waals surface area (Å²) in [6.07, 6.45) is 4.88. The smallest absolute Gasteiger partial charge is 0.0410 e. The largest absolute Gasteiger partial charge is 0.312 e. The molecular weight excluding hydrogens is 288 g/mol. The van der Waals surface area contributed by atoms with Gasteiger partial charge in [0.15, 0.2) is 0 Å². The maximum atomic E-state index is 4.22. The molecule has 0 aromatic carbocycles. The molecular formula is C15H25BrN2. The van der Waals surface area contributed by atoms with Crippen molar-refractivity contribution in [1.29, 1.82) is 0 Å². The summed E-state index contributed by atoms with van der Waals surface area (Å²) in [5.74, 6) is 1.30. The number of nitrogens with one attached hydrogen (secondary N) is 1. The van der Waals surface area contributed by atoms with Crippen molar-refractivity contribution in [2.24, 2.45) is 11.8 Å². The maximum Gasteiger partial charge on any atom is 0.0410 e. The van der Waals surface area contributed by atoms with Gasteiger partial charge in [0.1, 0.15) is 0 Å². The number of pyridine rings is 1. The first-order chi connectivity index (χ1) is 8.28. The summed E-state index contributed by atoms with van der Waals surface area (Å²) in [6, 6.07) is 2.16. The van der Waals surface area contributed by atoms with Crippen LogP contribution in [0.4, 0.5) is 0 Å². The molecule has 1 aromatic rings. The van der Waals surface area contributed by atoms with Gasteiger partial charge in [-0.2, -0.15) is 0 Å². The molecule has 1 N–H and O–H groups in total. The number of aromatic nitrogens is 1. The van der Waals surface area contributed by atoms with Crippen LogP contribution in [0, 0.1) is 11.8 Å². The Balaban J connectivity index is 2.47. The van der Waals surface area contributed by atoms with Crippen molar-refractivity contribution in [2.75, 3.05) is 6.54 Å². The molecule has 0 spiro atoms. The average molecular weight is 313 g/mol. The van der Waals surface area contributed by atoms with Gasteiger partial charge in [0.05, 0.1) is 0 Å². The molecule has 0 aliphatic heterocycles. The highest BCUT2D eigenvalue weighted by Crippen LogP contribution is 2.19. The molecule has 1 heterocycles. The highest BCUT2D eigenvalue weighted by atomic mass is 79.9. The second-order valence-corrected chi connectivity index (χ2v) is 7.22. The molecule has 0 bridgehead atoms. The topological polar surface area (TPSA) is 24.9 Å². The summed E-state index contributed by atoms with van der Waals surface area (Å²) < 4.78 is 1.06. The van der Waals surface area contributed by atoms with E-state index in [4.69, 9.17) is 0 Å². The van der Waals surface area contributed by atoms with Gasteiger partial charge in [-0.1, -0.05) is 13.8 Å². The van der Waals surface area contributed by atoms with Crippen molar-refractivity contribution < 1.29 is 0 Å². The highest BCUT2D eigenvalue weighted by molar-refractivity contribution is 9.10. The third-order valence-electron chi connectivity index (χ3n) is 3.24. The first kappa shape index (κ1) is 15.6. The molecule has 0 saturated heterocycles. The summed E-state index contributed by atoms with van der Waals surface area (Å²) in [4.78, 5) is 4.22. The summed E-state index contributed by atoms with van der Waals surface area (Å²) in [6.45, 7) is 12.3. The van der Waals surface area contributed by atoms with Gasteiger partial charge in [0.2, 0.25) is 0 Å². The van der Waals surface area contributed by atoms with Crippen LogP contribution in [0.1, 0.15) is 40.2 Å². The van der Waals surface area contributed by atoms with Crippen LogP contribution in [-0.2, 0) is 6.42 Å². The van der Waals surface area contributed by atoms with Crippen LogP contribution < -0.4 is 5.32 Å². The van der Waals surface area contributed by atoms with E-state index in [1.54, 1.807) is 0 Å². The molecule has 0 amide bonds. The molecule has 1 aromatic heterocycles. The summed E-state index contributed by atoms with van der Waals surface area (Å²) in [5.41, 5.74) is 1.50. The number of nitrogens with zero attached hydrogens (tertiary/aromatic N) is 1. The van der Waals surface area contributed by atoms with E-state index in [-0.39, 0.29) is 5.54 Å². The third-order valence-corrected chi connectivity index (χ3v) is 3.68. The summed E-state index contributed by atoms with van der Waals surface area (Å²) >= 11 is 3.47. The quantitative estimate of drug-likeness (QED) is 0.887. The molecule has 2 nitrogen and oxygen atoms in total. The van der Waals surface area contributed by atoms with Crippen molar-refractivity contribution in [2.45, 2.75) is 46.6 Å². The maximum absolute atomic E-state index is 4.22. The van der Waals surface area contributed by atoms with Gasteiger partial charge in [0.25, 0.3) is 0 Å². The van der Waals surface area contributed by atoms with Gasteiger partial charge in [-0.05, 0) is 73.1 Å². The highest BCUT2D eigenvalue weighted by Gasteiger charge is 2.16. The molecule has 0 saturated carbocycles. The lowest BCUT2D eigenvalue weighted by atomic mass is 9.89. The Morgan fingerprint density at radius 2 is 1.89 bits per heavy atom. The minimum absolute atomic E-state index is 0.200. The van der Waals surface area contributed by atoms with Crippen LogP contribution in [0.15, 0.2) is 22.9 Å². The lowest BCUT2D eigenvalue weighted by Gasteiger charge is -2.26. The normalized spacial score (nSPS) is 15.4. The second kappa shape index (κ2) is 6.67. The fourth-order valence-electron chi connectivity index (χ4n) is 1.81. The minimum atomic E-state index is 0.200. The lowest BCUT2D eigenvalue weighted by molar-refractivity contribution is 0.317. The van der Waals surface area contributed by atoms with Crippen molar-refractivity contribution in [3.8, 4) is 0 Å². The monoisotopic (exact) mass is 312 g/mol. The first-order valence-electron chi connectivity index (χ1n) is 6.62. The Morgan fingerprint density at radius 3 is 2.44 bits per heavy atom. The van der Waals surface area contributed by atoms with Crippen molar-refractivity contribution in [1.82, 2.24) is 10.3 Å². The predicted octanol–water partition coefficient (Wildman–Crippen LogP) is 4.05. The van der Waals surface area contributed by atoms with Gasteiger partial charge in [0, 0.05) is 22.4 Å². The van der Waals surface area contributed by atoms with E-state index in [1.807, 2.05) is 12.4 Å². The van der Waals surface area contributed by atoms with Crippen LogP contribution in [0.25, 0.3) is 0 Å². The molecule has 0 aliphatic carbocycles. The lowest BCUT2D eigenvalue weighted by Crippen LogP contribution is -2.40. The van der Waals surface area contributed by atoms with Crippen LogP contribution in [0.3, 0.4) is 0 Å². The molecule has 0 radical (unpaired) electrons. The van der Waals surface area contributed by atoms with Crippen molar-refractivity contribution in [3.05, 3.63) is 28.5 Å². The van der Waals surface area contributed by atoms with Gasteiger partial charge in [-0.15, -0.1) is 0 Å². The van der Waals surface area contributed by atoms with E-state index in [0.29, 0.717) is 11.8 Å². The Labute approximate surface area is 120 Å². The number of halogens is 1. The average Bonchev–Trinajstić information content (AvgIpc) is 2.24. The SMILES string of the molecule is CC(CNC(C)(C)C)C(C)Cc1cncc(Br)c1. The molecule has 3 heteroatoms. The number of rotatable bonds is 5. The molecule has 0 fully saturated rings. The Kier molecular flexibility index (Phi) is 5.80. The van der Waals surface area contributed by atoms with Gasteiger partial charge < -0.3 is 5.32 Å². The van der Waals surface area contributed by atoms with Crippen molar-refractivity contribution >= 4 is 15.9 Å². The van der Waals surface area contributed by atoms with Gasteiger partial charge in [-0.25, -0.2) is 0 Å². The van der Waals surface area contributed by atoms with Crippen LogP contribution >= 0.6 is 15.9 Å². The van der Waals surface area contributed by atoms with E-state index < -0.39 is 0 Å². The standard InChI is InChI=1S/C15H25BrN2/c1-11(12(2)8-18-15(3,4)5)6-13-7-14(16)10-17-9-13/h7,9-12,18H,6,8H2,1-5H3. The molecule has 2 unspecified atom stereocenters. The summed E-state index contributed by atoms with van der Waals surface area (Å²) in [7, 11) is 0. The van der Waals surface area contributed by atoms with Crippen LogP contribution in [-0.4, -0.2) is 17.1 Å². The van der Waals surface area contributed by atoms with Crippen LogP contribution in [0.5, 0.6) is 0 Å². The Hall–Kier alpha value is -0.410.